The molecule has 16 heavy (non-hydrogen) atoms. The van der Waals surface area contributed by atoms with Crippen LogP contribution in [-0.4, -0.2) is 19.2 Å². The smallest absolute Gasteiger partial charge is 0.154 e. The number of aromatic amines is 1. The molecule has 0 bridgehead atoms. The summed E-state index contributed by atoms with van der Waals surface area (Å²) in [6.07, 6.45) is 1.56. The van der Waals surface area contributed by atoms with Crippen molar-refractivity contribution in [2.75, 3.05) is 5.75 Å². The van der Waals surface area contributed by atoms with Gasteiger partial charge < -0.3 is 4.98 Å². The summed E-state index contributed by atoms with van der Waals surface area (Å²) in [5.74, 6) is -0.446. The van der Waals surface area contributed by atoms with Crippen LogP contribution in [0.15, 0.2) is 24.4 Å². The lowest BCUT2D eigenvalue weighted by molar-refractivity contribution is 0.596. The molecular formula is C11H12FNO2S. The normalized spacial score (nSPS) is 12.1. The van der Waals surface area contributed by atoms with Gasteiger partial charge in [0.25, 0.3) is 0 Å². The van der Waals surface area contributed by atoms with Crippen molar-refractivity contribution in [1.82, 2.24) is 4.98 Å². The van der Waals surface area contributed by atoms with Gasteiger partial charge in [-0.15, -0.1) is 0 Å². The minimum atomic E-state index is -3.14. The van der Waals surface area contributed by atoms with Crippen molar-refractivity contribution in [3.63, 3.8) is 0 Å². The van der Waals surface area contributed by atoms with E-state index in [1.54, 1.807) is 25.3 Å². The molecule has 0 aliphatic rings. The monoisotopic (exact) mass is 241 g/mol. The molecule has 0 aliphatic heterocycles. The number of rotatable bonds is 3. The molecule has 0 radical (unpaired) electrons. The highest BCUT2D eigenvalue weighted by atomic mass is 32.2. The molecular weight excluding hydrogens is 229 g/mol. The summed E-state index contributed by atoms with van der Waals surface area (Å²) in [6, 6.07) is 4.64. The number of H-pyrrole nitrogens is 1. The van der Waals surface area contributed by atoms with Crippen molar-refractivity contribution in [3.8, 4) is 0 Å². The number of halogens is 1. The predicted molar refractivity (Wildman–Crippen MR) is 61.4 cm³/mol. The van der Waals surface area contributed by atoms with E-state index >= 15 is 0 Å². The van der Waals surface area contributed by atoms with Crippen molar-refractivity contribution in [2.45, 2.75) is 12.7 Å². The molecule has 1 aromatic carbocycles. The van der Waals surface area contributed by atoms with Crippen molar-refractivity contribution in [2.24, 2.45) is 0 Å². The van der Waals surface area contributed by atoms with Crippen molar-refractivity contribution >= 4 is 20.7 Å². The van der Waals surface area contributed by atoms with Crippen molar-refractivity contribution in [1.29, 1.82) is 0 Å². The molecule has 1 aromatic heterocycles. The van der Waals surface area contributed by atoms with Gasteiger partial charge in [0.05, 0.1) is 5.75 Å². The molecule has 0 fully saturated rings. The number of hydrogen-bond acceptors (Lipinski definition) is 2. The molecule has 5 heteroatoms. The van der Waals surface area contributed by atoms with Gasteiger partial charge in [-0.05, 0) is 17.7 Å². The van der Waals surface area contributed by atoms with Crippen LogP contribution in [-0.2, 0) is 15.6 Å². The summed E-state index contributed by atoms with van der Waals surface area (Å²) >= 11 is 0. The van der Waals surface area contributed by atoms with Gasteiger partial charge in [-0.3, -0.25) is 0 Å². The van der Waals surface area contributed by atoms with Crippen LogP contribution in [0.25, 0.3) is 10.9 Å². The Bertz CT molecular complexity index is 616. The lowest BCUT2D eigenvalue weighted by Gasteiger charge is -2.00. The fourth-order valence-electron chi connectivity index (χ4n) is 1.66. The third-order valence-corrected chi connectivity index (χ3v) is 4.18. The summed E-state index contributed by atoms with van der Waals surface area (Å²) in [4.78, 5) is 2.87. The lowest BCUT2D eigenvalue weighted by atomic mass is 10.2. The van der Waals surface area contributed by atoms with E-state index in [-0.39, 0.29) is 17.3 Å². The lowest BCUT2D eigenvalue weighted by Crippen LogP contribution is -2.06. The van der Waals surface area contributed by atoms with E-state index in [0.29, 0.717) is 16.5 Å². The van der Waals surface area contributed by atoms with Crippen molar-refractivity contribution < 1.29 is 12.8 Å². The highest BCUT2D eigenvalue weighted by molar-refractivity contribution is 7.90. The second-order valence-corrected chi connectivity index (χ2v) is 6.01. The predicted octanol–water partition coefficient (Wildman–Crippen LogP) is 2.24. The van der Waals surface area contributed by atoms with Crippen molar-refractivity contribution in [3.05, 3.63) is 35.8 Å². The molecule has 0 spiro atoms. The minimum Gasteiger partial charge on any atom is -0.361 e. The minimum absolute atomic E-state index is 0.0636. The van der Waals surface area contributed by atoms with E-state index in [9.17, 15) is 12.8 Å². The van der Waals surface area contributed by atoms with Gasteiger partial charge in [0.2, 0.25) is 0 Å². The summed E-state index contributed by atoms with van der Waals surface area (Å²) in [7, 11) is -3.14. The fraction of sp³-hybridized carbons (Fsp3) is 0.273. The van der Waals surface area contributed by atoms with Crippen LogP contribution in [0.1, 0.15) is 12.5 Å². The molecule has 3 nitrogen and oxygen atoms in total. The number of fused-ring (bicyclic) bond motifs is 1. The molecule has 2 rings (SSSR count). The zero-order valence-electron chi connectivity index (χ0n) is 8.83. The third kappa shape index (κ3) is 1.95. The van der Waals surface area contributed by atoms with Crippen LogP contribution < -0.4 is 0 Å². The molecule has 0 unspecified atom stereocenters. The van der Waals surface area contributed by atoms with Crippen LogP contribution in [0.4, 0.5) is 4.39 Å². The first kappa shape index (κ1) is 11.1. The van der Waals surface area contributed by atoms with Crippen LogP contribution in [0.2, 0.25) is 0 Å². The second kappa shape index (κ2) is 3.90. The van der Waals surface area contributed by atoms with Gasteiger partial charge in [-0.1, -0.05) is 13.0 Å². The van der Waals surface area contributed by atoms with E-state index in [2.05, 4.69) is 4.98 Å². The summed E-state index contributed by atoms with van der Waals surface area (Å²) < 4.78 is 36.5. The zero-order chi connectivity index (χ0) is 11.8. The number of nitrogens with one attached hydrogen (secondary N) is 1. The first-order valence-electron chi connectivity index (χ1n) is 4.98. The first-order valence-corrected chi connectivity index (χ1v) is 6.80. The Balaban J connectivity index is 2.54. The Kier molecular flexibility index (Phi) is 2.71. The fourth-order valence-corrected chi connectivity index (χ4v) is 2.57. The summed E-state index contributed by atoms with van der Waals surface area (Å²) in [5.41, 5.74) is 1.12. The molecule has 1 heterocycles. The van der Waals surface area contributed by atoms with Gasteiger partial charge >= 0.3 is 0 Å². The van der Waals surface area contributed by atoms with Crippen LogP contribution in [0, 0.1) is 5.82 Å². The Morgan fingerprint density at radius 2 is 2.12 bits per heavy atom. The molecule has 0 saturated heterocycles. The van der Waals surface area contributed by atoms with Gasteiger partial charge in [-0.2, -0.15) is 0 Å². The van der Waals surface area contributed by atoms with Gasteiger partial charge in [-0.25, -0.2) is 12.8 Å². The van der Waals surface area contributed by atoms with Gasteiger partial charge in [0.15, 0.2) is 9.84 Å². The number of benzene rings is 1. The molecule has 1 N–H and O–H groups in total. The Morgan fingerprint density at radius 1 is 1.38 bits per heavy atom. The maximum atomic E-state index is 13.5. The topological polar surface area (TPSA) is 49.9 Å². The molecule has 0 amide bonds. The Morgan fingerprint density at radius 3 is 2.81 bits per heavy atom. The quantitative estimate of drug-likeness (QED) is 0.896. The Labute approximate surface area is 93.2 Å². The maximum absolute atomic E-state index is 13.5. The van der Waals surface area contributed by atoms with Crippen LogP contribution >= 0.6 is 0 Å². The first-order chi connectivity index (χ1) is 7.53. The van der Waals surface area contributed by atoms with Crippen LogP contribution in [0.5, 0.6) is 0 Å². The third-order valence-electron chi connectivity index (χ3n) is 2.55. The van der Waals surface area contributed by atoms with E-state index in [4.69, 9.17) is 0 Å². The molecule has 0 aliphatic carbocycles. The second-order valence-electron chi connectivity index (χ2n) is 3.65. The number of hydrogen-bond donors (Lipinski definition) is 1. The summed E-state index contributed by atoms with van der Waals surface area (Å²) in [6.45, 7) is 1.58. The van der Waals surface area contributed by atoms with Gasteiger partial charge in [0, 0.05) is 22.9 Å². The van der Waals surface area contributed by atoms with E-state index in [0.717, 1.165) is 0 Å². The molecule has 0 saturated carbocycles. The standard InChI is InChI=1S/C11H12FNO2S/c1-2-16(14,15)7-8-6-13-10-5-3-4-9(12)11(8)10/h3-6,13H,2,7H2,1H3. The average Bonchev–Trinajstić information content (AvgIpc) is 2.62. The summed E-state index contributed by atoms with van der Waals surface area (Å²) in [5, 5.41) is 0.375. The van der Waals surface area contributed by atoms with E-state index < -0.39 is 9.84 Å². The maximum Gasteiger partial charge on any atom is 0.154 e. The Hall–Kier alpha value is -1.36. The number of sulfone groups is 1. The molecule has 2 aromatic rings. The number of aromatic nitrogens is 1. The molecule has 0 atom stereocenters. The highest BCUT2D eigenvalue weighted by Gasteiger charge is 2.14. The van der Waals surface area contributed by atoms with Crippen LogP contribution in [0.3, 0.4) is 0 Å². The van der Waals surface area contributed by atoms with E-state index in [1.165, 1.54) is 6.07 Å². The van der Waals surface area contributed by atoms with E-state index in [1.807, 2.05) is 0 Å². The largest absolute Gasteiger partial charge is 0.361 e. The van der Waals surface area contributed by atoms with Gasteiger partial charge in [0.1, 0.15) is 5.82 Å². The molecule has 86 valence electrons. The average molecular weight is 241 g/mol. The highest BCUT2D eigenvalue weighted by Crippen LogP contribution is 2.23. The zero-order valence-corrected chi connectivity index (χ0v) is 9.64. The SMILES string of the molecule is CCS(=O)(=O)Cc1c[nH]c2cccc(F)c12.